The maximum atomic E-state index is 12.2. The molecule has 0 spiro atoms. The van der Waals surface area contributed by atoms with Gasteiger partial charge in [-0.05, 0) is 66.4 Å². The van der Waals surface area contributed by atoms with Crippen LogP contribution < -0.4 is 10.5 Å². The lowest BCUT2D eigenvalue weighted by Gasteiger charge is -2.21. The summed E-state index contributed by atoms with van der Waals surface area (Å²) >= 11 is 3.47. The second-order valence-corrected chi connectivity index (χ2v) is 6.62. The zero-order valence-corrected chi connectivity index (χ0v) is 14.2. The molecule has 0 aromatic heterocycles. The predicted molar refractivity (Wildman–Crippen MR) is 87.3 cm³/mol. The number of likely N-dealkylation sites (tertiary alicyclic amines) is 1. The van der Waals surface area contributed by atoms with Crippen molar-refractivity contribution in [3.63, 3.8) is 0 Å². The highest BCUT2D eigenvalue weighted by molar-refractivity contribution is 9.10. The molecule has 1 saturated heterocycles. The lowest BCUT2D eigenvalue weighted by Crippen LogP contribution is -2.35. The van der Waals surface area contributed by atoms with E-state index in [1.807, 2.05) is 30.0 Å². The molecule has 2 N–H and O–H groups in total. The minimum atomic E-state index is 0.154. The van der Waals surface area contributed by atoms with Gasteiger partial charge in [0, 0.05) is 12.6 Å². The molecular weight excluding hydrogens is 332 g/mol. The van der Waals surface area contributed by atoms with Crippen LogP contribution in [-0.2, 0) is 4.79 Å². The van der Waals surface area contributed by atoms with E-state index in [0.717, 1.165) is 23.2 Å². The molecule has 2 unspecified atom stereocenters. The number of amides is 1. The Morgan fingerprint density at radius 3 is 2.90 bits per heavy atom. The SMILES string of the molecule is Cc1ccc(OCCC(=O)N2CC(CN)CC2C)c(Br)c1. The van der Waals surface area contributed by atoms with E-state index in [2.05, 4.69) is 22.9 Å². The van der Waals surface area contributed by atoms with Crippen LogP contribution in [0, 0.1) is 12.8 Å². The summed E-state index contributed by atoms with van der Waals surface area (Å²) in [6.45, 7) is 5.95. The summed E-state index contributed by atoms with van der Waals surface area (Å²) in [5.74, 6) is 1.38. The third-order valence-electron chi connectivity index (χ3n) is 3.98. The van der Waals surface area contributed by atoms with E-state index in [0.29, 0.717) is 25.5 Å². The van der Waals surface area contributed by atoms with Gasteiger partial charge >= 0.3 is 0 Å². The normalized spacial score (nSPS) is 21.6. The molecular formula is C16H23BrN2O2. The Morgan fingerprint density at radius 2 is 2.29 bits per heavy atom. The van der Waals surface area contributed by atoms with Crippen molar-refractivity contribution >= 4 is 21.8 Å². The summed E-state index contributed by atoms with van der Waals surface area (Å²) in [6, 6.07) is 6.21. The number of carbonyl (C=O) groups is 1. The first kappa shape index (κ1) is 16.3. The van der Waals surface area contributed by atoms with Gasteiger partial charge in [0.25, 0.3) is 0 Å². The second kappa shape index (κ2) is 7.27. The minimum Gasteiger partial charge on any atom is -0.492 e. The second-order valence-electron chi connectivity index (χ2n) is 5.76. The van der Waals surface area contributed by atoms with E-state index < -0.39 is 0 Å². The lowest BCUT2D eigenvalue weighted by molar-refractivity contribution is -0.132. The molecule has 0 radical (unpaired) electrons. The van der Waals surface area contributed by atoms with Gasteiger partial charge in [0.15, 0.2) is 0 Å². The number of nitrogens with zero attached hydrogens (tertiary/aromatic N) is 1. The topological polar surface area (TPSA) is 55.6 Å². The van der Waals surface area contributed by atoms with Crippen molar-refractivity contribution in [2.24, 2.45) is 11.7 Å². The Balaban J connectivity index is 1.82. The zero-order chi connectivity index (χ0) is 15.4. The fourth-order valence-corrected chi connectivity index (χ4v) is 3.38. The van der Waals surface area contributed by atoms with Crippen LogP contribution >= 0.6 is 15.9 Å². The Morgan fingerprint density at radius 1 is 1.52 bits per heavy atom. The summed E-state index contributed by atoms with van der Waals surface area (Å²) in [7, 11) is 0. The Kier molecular flexibility index (Phi) is 5.65. The fraction of sp³-hybridized carbons (Fsp3) is 0.562. The number of nitrogens with two attached hydrogens (primary N) is 1. The van der Waals surface area contributed by atoms with Gasteiger partial charge in [0.2, 0.25) is 5.91 Å². The molecule has 0 saturated carbocycles. The first-order valence-corrected chi connectivity index (χ1v) is 8.19. The number of carbonyl (C=O) groups excluding carboxylic acids is 1. The Bertz CT molecular complexity index is 507. The minimum absolute atomic E-state index is 0.154. The van der Waals surface area contributed by atoms with Gasteiger partial charge in [-0.1, -0.05) is 6.07 Å². The van der Waals surface area contributed by atoms with Gasteiger partial charge < -0.3 is 15.4 Å². The zero-order valence-electron chi connectivity index (χ0n) is 12.6. The smallest absolute Gasteiger partial charge is 0.226 e. The van der Waals surface area contributed by atoms with E-state index in [-0.39, 0.29) is 11.9 Å². The van der Waals surface area contributed by atoms with E-state index >= 15 is 0 Å². The van der Waals surface area contributed by atoms with Gasteiger partial charge in [-0.25, -0.2) is 0 Å². The van der Waals surface area contributed by atoms with Gasteiger partial charge in [0.1, 0.15) is 5.75 Å². The maximum Gasteiger partial charge on any atom is 0.226 e. The Hall–Kier alpha value is -1.07. The molecule has 5 heteroatoms. The highest BCUT2D eigenvalue weighted by Crippen LogP contribution is 2.26. The highest BCUT2D eigenvalue weighted by atomic mass is 79.9. The van der Waals surface area contributed by atoms with Crippen molar-refractivity contribution in [1.82, 2.24) is 4.90 Å². The molecule has 0 bridgehead atoms. The summed E-state index contributed by atoms with van der Waals surface area (Å²) in [4.78, 5) is 14.2. The molecule has 1 amide bonds. The molecule has 21 heavy (non-hydrogen) atoms. The lowest BCUT2D eigenvalue weighted by atomic mass is 10.1. The number of hydrogen-bond acceptors (Lipinski definition) is 3. The molecule has 1 aromatic rings. The van der Waals surface area contributed by atoms with Crippen LogP contribution in [-0.4, -0.2) is 36.5 Å². The summed E-state index contributed by atoms with van der Waals surface area (Å²) < 4.78 is 6.62. The third-order valence-corrected chi connectivity index (χ3v) is 4.60. The number of aryl methyl sites for hydroxylation is 1. The number of benzene rings is 1. The van der Waals surface area contributed by atoms with E-state index in [9.17, 15) is 4.79 Å². The predicted octanol–water partition coefficient (Wildman–Crippen LogP) is 2.72. The molecule has 1 fully saturated rings. The number of rotatable bonds is 5. The fourth-order valence-electron chi connectivity index (χ4n) is 2.78. The molecule has 4 nitrogen and oxygen atoms in total. The van der Waals surface area contributed by atoms with E-state index in [4.69, 9.17) is 10.5 Å². The quantitative estimate of drug-likeness (QED) is 0.884. The van der Waals surface area contributed by atoms with Crippen molar-refractivity contribution in [1.29, 1.82) is 0 Å². The van der Waals surface area contributed by atoms with Crippen LogP contribution in [0.1, 0.15) is 25.3 Å². The number of ether oxygens (including phenoxy) is 1. The summed E-state index contributed by atoms with van der Waals surface area (Å²) in [5, 5.41) is 0. The molecule has 1 aliphatic heterocycles. The van der Waals surface area contributed by atoms with Crippen molar-refractivity contribution < 1.29 is 9.53 Å². The van der Waals surface area contributed by atoms with Gasteiger partial charge in [-0.15, -0.1) is 0 Å². The molecule has 1 heterocycles. The molecule has 2 atom stereocenters. The molecule has 0 aliphatic carbocycles. The van der Waals surface area contributed by atoms with Crippen LogP contribution in [0.15, 0.2) is 22.7 Å². The van der Waals surface area contributed by atoms with Crippen LogP contribution in [0.4, 0.5) is 0 Å². The highest BCUT2D eigenvalue weighted by Gasteiger charge is 2.31. The summed E-state index contributed by atoms with van der Waals surface area (Å²) in [5.41, 5.74) is 6.87. The van der Waals surface area contributed by atoms with Gasteiger partial charge in [-0.3, -0.25) is 4.79 Å². The van der Waals surface area contributed by atoms with Crippen LogP contribution in [0.3, 0.4) is 0 Å². The monoisotopic (exact) mass is 354 g/mol. The number of halogens is 1. The summed E-state index contributed by atoms with van der Waals surface area (Å²) in [6.07, 6.45) is 1.41. The van der Waals surface area contributed by atoms with Crippen LogP contribution in [0.2, 0.25) is 0 Å². The standard InChI is InChI=1S/C16H23BrN2O2/c1-11-3-4-15(14(17)7-11)21-6-5-16(20)19-10-13(9-18)8-12(19)2/h3-4,7,12-13H,5-6,8-10,18H2,1-2H3. The van der Waals surface area contributed by atoms with Crippen LogP contribution in [0.5, 0.6) is 5.75 Å². The molecule has 116 valence electrons. The molecule has 2 rings (SSSR count). The molecule has 1 aromatic carbocycles. The van der Waals surface area contributed by atoms with Crippen molar-refractivity contribution in [3.05, 3.63) is 28.2 Å². The van der Waals surface area contributed by atoms with Gasteiger partial charge in [-0.2, -0.15) is 0 Å². The van der Waals surface area contributed by atoms with Crippen molar-refractivity contribution in [2.75, 3.05) is 19.7 Å². The first-order chi connectivity index (χ1) is 10.0. The molecule has 1 aliphatic rings. The van der Waals surface area contributed by atoms with Crippen molar-refractivity contribution in [3.8, 4) is 5.75 Å². The average Bonchev–Trinajstić information content (AvgIpc) is 2.82. The van der Waals surface area contributed by atoms with E-state index in [1.165, 1.54) is 5.56 Å². The number of hydrogen-bond donors (Lipinski definition) is 1. The first-order valence-electron chi connectivity index (χ1n) is 7.39. The third kappa shape index (κ3) is 4.20. The largest absolute Gasteiger partial charge is 0.492 e. The average molecular weight is 355 g/mol. The van der Waals surface area contributed by atoms with Crippen molar-refractivity contribution in [2.45, 2.75) is 32.7 Å². The Labute approximate surface area is 134 Å². The van der Waals surface area contributed by atoms with Gasteiger partial charge in [0.05, 0.1) is 17.5 Å². The maximum absolute atomic E-state index is 12.2. The van der Waals surface area contributed by atoms with E-state index in [1.54, 1.807) is 0 Å². The van der Waals surface area contributed by atoms with Crippen LogP contribution in [0.25, 0.3) is 0 Å².